The highest BCUT2D eigenvalue weighted by atomic mass is 16.6. The zero-order valence-corrected chi connectivity index (χ0v) is 8.49. The second-order valence-electron chi connectivity index (χ2n) is 2.97. The Balaban J connectivity index is 3.26. The second-order valence-corrected chi connectivity index (χ2v) is 2.97. The number of para-hydroxylation sites is 1. The van der Waals surface area contributed by atoms with Gasteiger partial charge in [0.1, 0.15) is 6.17 Å². The number of aromatic hydroxyl groups is 1. The number of carbonyl (C=O) groups is 2. The average molecular weight is 239 g/mol. The number of nitrogens with zero attached hydrogens (tertiary/aromatic N) is 1. The van der Waals surface area contributed by atoms with E-state index in [4.69, 9.17) is 0 Å². The first-order valence-corrected chi connectivity index (χ1v) is 4.47. The highest BCUT2D eigenvalue weighted by molar-refractivity contribution is 5.58. The Morgan fingerprint density at radius 2 is 1.88 bits per heavy atom. The maximum atomic E-state index is 10.8. The molecule has 0 radical (unpaired) electrons. The van der Waals surface area contributed by atoms with Gasteiger partial charge < -0.3 is 15.7 Å². The topological polar surface area (TPSA) is 122 Å². The average Bonchev–Trinajstić information content (AvgIpc) is 2.28. The molecule has 8 heteroatoms. The van der Waals surface area contributed by atoms with Gasteiger partial charge in [-0.2, -0.15) is 0 Å². The van der Waals surface area contributed by atoms with Crippen LogP contribution in [0.2, 0.25) is 0 Å². The Hall–Kier alpha value is -2.64. The fourth-order valence-electron chi connectivity index (χ4n) is 1.34. The molecule has 0 unspecified atom stereocenters. The number of phenolic OH excluding ortho intramolecular Hbond substituents is 1. The van der Waals surface area contributed by atoms with Crippen LogP contribution < -0.4 is 10.6 Å². The molecule has 0 atom stereocenters. The van der Waals surface area contributed by atoms with Crippen LogP contribution in [0.15, 0.2) is 18.2 Å². The molecule has 0 aliphatic heterocycles. The number of amides is 2. The van der Waals surface area contributed by atoms with E-state index in [9.17, 15) is 24.8 Å². The number of carbonyl (C=O) groups excluding carboxylic acids is 2. The number of phenols is 1. The van der Waals surface area contributed by atoms with Crippen molar-refractivity contribution in [1.29, 1.82) is 0 Å². The van der Waals surface area contributed by atoms with Crippen LogP contribution >= 0.6 is 0 Å². The first-order chi connectivity index (χ1) is 8.11. The summed E-state index contributed by atoms with van der Waals surface area (Å²) in [6, 6.07) is 3.82. The first-order valence-electron chi connectivity index (χ1n) is 4.47. The summed E-state index contributed by atoms with van der Waals surface area (Å²) in [4.78, 5) is 30.6. The zero-order chi connectivity index (χ0) is 12.8. The third-order valence-corrected chi connectivity index (χ3v) is 2.01. The molecule has 1 aromatic rings. The van der Waals surface area contributed by atoms with Gasteiger partial charge in [-0.05, 0) is 12.1 Å². The lowest BCUT2D eigenvalue weighted by Gasteiger charge is -2.15. The third-order valence-electron chi connectivity index (χ3n) is 2.01. The van der Waals surface area contributed by atoms with E-state index < -0.39 is 22.5 Å². The van der Waals surface area contributed by atoms with E-state index >= 15 is 0 Å². The van der Waals surface area contributed by atoms with Gasteiger partial charge in [0, 0.05) is 0 Å². The molecule has 0 fully saturated rings. The molecular formula is C9H9N3O5. The van der Waals surface area contributed by atoms with E-state index in [1.54, 1.807) is 0 Å². The number of hydrogen-bond donors (Lipinski definition) is 3. The van der Waals surface area contributed by atoms with Gasteiger partial charge in [0.25, 0.3) is 0 Å². The fourth-order valence-corrected chi connectivity index (χ4v) is 1.34. The molecule has 0 aliphatic rings. The van der Waals surface area contributed by atoms with Gasteiger partial charge in [0.05, 0.1) is 10.5 Å². The standard InChI is InChI=1S/C9H9N3O5/c13-4-10-9(11-5-14)6-2-1-3-7(15)8(6)12(16)17/h1-5,9,15H,(H,10,13)(H,11,14). The number of nitro benzene ring substituents is 1. The van der Waals surface area contributed by atoms with Crippen molar-refractivity contribution in [3.05, 3.63) is 33.9 Å². The molecule has 1 aromatic carbocycles. The molecule has 3 N–H and O–H groups in total. The van der Waals surface area contributed by atoms with Crippen LogP contribution in [0, 0.1) is 10.1 Å². The highest BCUT2D eigenvalue weighted by Gasteiger charge is 2.25. The van der Waals surface area contributed by atoms with E-state index in [1.165, 1.54) is 12.1 Å². The van der Waals surface area contributed by atoms with Crippen LogP contribution in [-0.2, 0) is 9.59 Å². The summed E-state index contributed by atoms with van der Waals surface area (Å²) in [7, 11) is 0. The van der Waals surface area contributed by atoms with Crippen LogP contribution in [0.25, 0.3) is 0 Å². The quantitative estimate of drug-likeness (QED) is 0.274. The third kappa shape index (κ3) is 2.68. The van der Waals surface area contributed by atoms with Crippen LogP contribution in [-0.4, -0.2) is 22.9 Å². The molecular weight excluding hydrogens is 230 g/mol. The van der Waals surface area contributed by atoms with Crippen molar-refractivity contribution in [2.45, 2.75) is 6.17 Å². The first kappa shape index (κ1) is 12.4. The SMILES string of the molecule is O=CNC(NC=O)c1cccc(O)c1[N+](=O)[O-]. The van der Waals surface area contributed by atoms with Gasteiger partial charge in [-0.1, -0.05) is 6.07 Å². The molecule has 2 amide bonds. The molecule has 90 valence electrons. The molecule has 0 spiro atoms. The number of nitro groups is 1. The number of hydrogen-bond acceptors (Lipinski definition) is 5. The summed E-state index contributed by atoms with van der Waals surface area (Å²) in [6.07, 6.45) is -0.498. The van der Waals surface area contributed by atoms with Gasteiger partial charge in [-0.15, -0.1) is 0 Å². The predicted molar refractivity (Wildman–Crippen MR) is 55.9 cm³/mol. The Morgan fingerprint density at radius 1 is 1.29 bits per heavy atom. The van der Waals surface area contributed by atoms with Crippen LogP contribution in [0.5, 0.6) is 5.75 Å². The molecule has 0 aliphatic carbocycles. The molecule has 17 heavy (non-hydrogen) atoms. The van der Waals surface area contributed by atoms with Crippen molar-refractivity contribution in [3.8, 4) is 5.75 Å². The normalized spacial score (nSPS) is 9.71. The minimum absolute atomic E-state index is 0.0193. The summed E-state index contributed by atoms with van der Waals surface area (Å²) < 4.78 is 0. The smallest absolute Gasteiger partial charge is 0.317 e. The van der Waals surface area contributed by atoms with Crippen LogP contribution in [0.4, 0.5) is 5.69 Å². The maximum Gasteiger partial charge on any atom is 0.317 e. The molecule has 0 saturated carbocycles. The van der Waals surface area contributed by atoms with E-state index in [-0.39, 0.29) is 18.4 Å². The van der Waals surface area contributed by atoms with Crippen molar-refractivity contribution < 1.29 is 19.6 Å². The van der Waals surface area contributed by atoms with Gasteiger partial charge in [0.2, 0.25) is 12.8 Å². The summed E-state index contributed by atoms with van der Waals surface area (Å²) in [5.74, 6) is -0.544. The number of benzene rings is 1. The van der Waals surface area contributed by atoms with E-state index in [1.807, 2.05) is 0 Å². The lowest BCUT2D eigenvalue weighted by Crippen LogP contribution is -2.32. The van der Waals surface area contributed by atoms with Gasteiger partial charge in [0.15, 0.2) is 5.75 Å². The fraction of sp³-hybridized carbons (Fsp3) is 0.111. The molecule has 8 nitrogen and oxygen atoms in total. The van der Waals surface area contributed by atoms with E-state index in [2.05, 4.69) is 10.6 Å². The van der Waals surface area contributed by atoms with E-state index in [0.29, 0.717) is 0 Å². The highest BCUT2D eigenvalue weighted by Crippen LogP contribution is 2.32. The Labute approximate surface area is 95.4 Å². The van der Waals surface area contributed by atoms with Crippen molar-refractivity contribution in [1.82, 2.24) is 10.6 Å². The summed E-state index contributed by atoms with van der Waals surface area (Å²) in [5.41, 5.74) is -0.588. The minimum atomic E-state index is -1.07. The summed E-state index contributed by atoms with van der Waals surface area (Å²) in [5, 5.41) is 24.5. The number of rotatable bonds is 6. The zero-order valence-electron chi connectivity index (χ0n) is 8.49. The van der Waals surface area contributed by atoms with Crippen molar-refractivity contribution in [2.75, 3.05) is 0 Å². The Morgan fingerprint density at radius 3 is 2.35 bits per heavy atom. The van der Waals surface area contributed by atoms with Gasteiger partial charge in [-0.25, -0.2) is 0 Å². The van der Waals surface area contributed by atoms with Crippen molar-refractivity contribution in [2.24, 2.45) is 0 Å². The lowest BCUT2D eigenvalue weighted by molar-refractivity contribution is -0.386. The monoisotopic (exact) mass is 239 g/mol. The predicted octanol–water partition coefficient (Wildman–Crippen LogP) is -0.209. The van der Waals surface area contributed by atoms with Crippen LogP contribution in [0.1, 0.15) is 11.7 Å². The summed E-state index contributed by atoms with van der Waals surface area (Å²) >= 11 is 0. The molecule has 0 saturated heterocycles. The summed E-state index contributed by atoms with van der Waals surface area (Å²) in [6.45, 7) is 0. The Bertz CT molecular complexity index is 438. The van der Waals surface area contributed by atoms with Gasteiger partial charge >= 0.3 is 5.69 Å². The molecule has 0 aromatic heterocycles. The maximum absolute atomic E-state index is 10.8. The van der Waals surface area contributed by atoms with Crippen molar-refractivity contribution >= 4 is 18.5 Å². The largest absolute Gasteiger partial charge is 0.502 e. The minimum Gasteiger partial charge on any atom is -0.502 e. The van der Waals surface area contributed by atoms with Gasteiger partial charge in [-0.3, -0.25) is 19.7 Å². The van der Waals surface area contributed by atoms with Crippen LogP contribution in [0.3, 0.4) is 0 Å². The lowest BCUT2D eigenvalue weighted by atomic mass is 10.1. The van der Waals surface area contributed by atoms with E-state index in [0.717, 1.165) is 6.07 Å². The molecule has 0 bridgehead atoms. The molecule has 1 rings (SSSR count). The van der Waals surface area contributed by atoms with Crippen molar-refractivity contribution in [3.63, 3.8) is 0 Å². The second kappa shape index (κ2) is 5.45. The number of nitrogens with one attached hydrogen (secondary N) is 2. The Kier molecular flexibility index (Phi) is 3.98. The molecule has 0 heterocycles.